The number of carbonyl (C=O) groups excluding carboxylic acids is 2. The first-order valence-corrected chi connectivity index (χ1v) is 12.3. The Labute approximate surface area is 209 Å². The van der Waals surface area contributed by atoms with Gasteiger partial charge in [-0.3, -0.25) is 9.59 Å². The number of rotatable bonds is 6. The van der Waals surface area contributed by atoms with Gasteiger partial charge in [-0.25, -0.2) is 0 Å². The number of carbonyl (C=O) groups is 2. The molecule has 0 radical (unpaired) electrons. The molecule has 0 unspecified atom stereocenters. The van der Waals surface area contributed by atoms with Gasteiger partial charge in [0.15, 0.2) is 0 Å². The molecule has 8 heteroatoms. The van der Waals surface area contributed by atoms with Crippen LogP contribution < -0.4 is 14.8 Å². The van der Waals surface area contributed by atoms with Gasteiger partial charge in [-0.2, -0.15) is 0 Å². The highest BCUT2D eigenvalue weighted by atomic mass is 35.5. The van der Waals surface area contributed by atoms with Crippen LogP contribution in [0.2, 0.25) is 5.02 Å². The predicted molar refractivity (Wildman–Crippen MR) is 135 cm³/mol. The van der Waals surface area contributed by atoms with E-state index in [-0.39, 0.29) is 17.9 Å². The lowest BCUT2D eigenvalue weighted by Gasteiger charge is -2.44. The van der Waals surface area contributed by atoms with E-state index in [1.807, 2.05) is 41.8 Å². The number of halogens is 1. The molecule has 3 aromatic rings. The molecule has 1 aromatic heterocycles. The zero-order valence-electron chi connectivity index (χ0n) is 20.3. The van der Waals surface area contributed by atoms with E-state index in [1.165, 1.54) is 0 Å². The Bertz CT molecular complexity index is 1280. The number of benzene rings is 2. The quantitative estimate of drug-likeness (QED) is 0.534. The average molecular weight is 496 g/mol. The Morgan fingerprint density at radius 1 is 1.09 bits per heavy atom. The van der Waals surface area contributed by atoms with Crippen molar-refractivity contribution in [3.63, 3.8) is 0 Å². The number of fused-ring (bicyclic) bond motifs is 3. The van der Waals surface area contributed by atoms with Crippen LogP contribution in [0.15, 0.2) is 42.5 Å². The summed E-state index contributed by atoms with van der Waals surface area (Å²) in [5.41, 5.74) is 1.05. The fourth-order valence-electron chi connectivity index (χ4n) is 5.39. The molecule has 2 heterocycles. The highest BCUT2D eigenvalue weighted by Crippen LogP contribution is 2.40. The SMILES string of the molecule is COc1ccc(OC)c2c1cc1n2C[C@](C)(C(=O)NC2CCCC2)N(Cc2ccc(Cl)cc2)C1=O. The maximum atomic E-state index is 14.0. The molecule has 1 saturated carbocycles. The fourth-order valence-corrected chi connectivity index (χ4v) is 5.51. The lowest BCUT2D eigenvalue weighted by molar-refractivity contribution is -0.133. The van der Waals surface area contributed by atoms with Crippen molar-refractivity contribution in [1.82, 2.24) is 14.8 Å². The molecule has 7 nitrogen and oxygen atoms in total. The summed E-state index contributed by atoms with van der Waals surface area (Å²) < 4.78 is 13.1. The van der Waals surface area contributed by atoms with E-state index in [1.54, 1.807) is 31.3 Å². The van der Waals surface area contributed by atoms with E-state index < -0.39 is 5.54 Å². The third-order valence-electron chi connectivity index (χ3n) is 7.38. The molecular weight excluding hydrogens is 466 g/mol. The summed E-state index contributed by atoms with van der Waals surface area (Å²) >= 11 is 6.08. The Morgan fingerprint density at radius 2 is 1.74 bits per heavy atom. The van der Waals surface area contributed by atoms with E-state index in [0.717, 1.165) is 42.1 Å². The Balaban J connectivity index is 1.63. The lowest BCUT2D eigenvalue weighted by atomic mass is 9.93. The number of nitrogens with one attached hydrogen (secondary N) is 1. The largest absolute Gasteiger partial charge is 0.496 e. The summed E-state index contributed by atoms with van der Waals surface area (Å²) in [6, 6.07) is 13.0. The van der Waals surface area contributed by atoms with Gasteiger partial charge in [0.25, 0.3) is 5.91 Å². The summed E-state index contributed by atoms with van der Waals surface area (Å²) in [6.07, 6.45) is 4.16. The van der Waals surface area contributed by atoms with Gasteiger partial charge < -0.3 is 24.3 Å². The number of ether oxygens (including phenoxy) is 2. The maximum absolute atomic E-state index is 14.0. The van der Waals surface area contributed by atoms with Gasteiger partial charge in [0.2, 0.25) is 5.91 Å². The van der Waals surface area contributed by atoms with Crippen LogP contribution in [-0.4, -0.2) is 47.1 Å². The number of amides is 2. The first kappa shape index (κ1) is 23.5. The summed E-state index contributed by atoms with van der Waals surface area (Å²) in [5, 5.41) is 4.64. The summed E-state index contributed by atoms with van der Waals surface area (Å²) in [4.78, 5) is 29.5. The molecule has 2 aromatic carbocycles. The second-order valence-corrected chi connectivity index (χ2v) is 10.0. The molecule has 0 spiro atoms. The third kappa shape index (κ3) is 4.01. The van der Waals surface area contributed by atoms with Crippen molar-refractivity contribution < 1.29 is 19.1 Å². The number of methoxy groups -OCH3 is 2. The average Bonchev–Trinajstić information content (AvgIpc) is 3.50. The molecule has 184 valence electrons. The van der Waals surface area contributed by atoms with Gasteiger partial charge in [0, 0.05) is 23.0 Å². The Hall–Kier alpha value is -3.19. The summed E-state index contributed by atoms with van der Waals surface area (Å²) in [6.45, 7) is 2.44. The van der Waals surface area contributed by atoms with Crippen LogP contribution >= 0.6 is 11.6 Å². The van der Waals surface area contributed by atoms with Gasteiger partial charge in [-0.05, 0) is 55.7 Å². The van der Waals surface area contributed by atoms with Crippen LogP contribution in [0.4, 0.5) is 0 Å². The molecule has 5 rings (SSSR count). The maximum Gasteiger partial charge on any atom is 0.271 e. The molecule has 1 aliphatic heterocycles. The molecule has 1 atom stereocenters. The van der Waals surface area contributed by atoms with Gasteiger partial charge >= 0.3 is 0 Å². The fraction of sp³-hybridized carbons (Fsp3) is 0.407. The van der Waals surface area contributed by atoms with Gasteiger partial charge in [0.05, 0.1) is 26.3 Å². The number of hydrogen-bond acceptors (Lipinski definition) is 4. The standard InChI is InChI=1S/C27H30ClN3O4/c1-27(26(33)29-19-6-4-5-7-19)16-30-21(14-20-22(34-2)12-13-23(35-3)24(20)30)25(32)31(27)15-17-8-10-18(28)11-9-17/h8-14,19H,4-7,15-16H2,1-3H3,(H,29,33)/t27-/m1/s1. The topological polar surface area (TPSA) is 72.8 Å². The van der Waals surface area contributed by atoms with Gasteiger partial charge in [0.1, 0.15) is 22.7 Å². The highest BCUT2D eigenvalue weighted by molar-refractivity contribution is 6.30. The predicted octanol–water partition coefficient (Wildman–Crippen LogP) is 4.79. The van der Waals surface area contributed by atoms with Crippen LogP contribution in [0.5, 0.6) is 11.5 Å². The molecule has 0 bridgehead atoms. The first-order valence-electron chi connectivity index (χ1n) is 12.0. The highest BCUT2D eigenvalue weighted by Gasteiger charge is 2.48. The van der Waals surface area contributed by atoms with Crippen molar-refractivity contribution >= 4 is 34.3 Å². The molecule has 0 saturated heterocycles. The molecule has 35 heavy (non-hydrogen) atoms. The monoisotopic (exact) mass is 495 g/mol. The Kier molecular flexibility index (Phi) is 6.13. The number of aromatic nitrogens is 1. The van der Waals surface area contributed by atoms with Crippen LogP contribution in [-0.2, 0) is 17.9 Å². The zero-order chi connectivity index (χ0) is 24.7. The second-order valence-electron chi connectivity index (χ2n) is 9.59. The zero-order valence-corrected chi connectivity index (χ0v) is 21.0. The van der Waals surface area contributed by atoms with Crippen LogP contribution in [0.25, 0.3) is 10.9 Å². The van der Waals surface area contributed by atoms with Crippen molar-refractivity contribution in [2.75, 3.05) is 14.2 Å². The second kappa shape index (κ2) is 9.11. The smallest absolute Gasteiger partial charge is 0.271 e. The lowest BCUT2D eigenvalue weighted by Crippen LogP contribution is -2.64. The molecule has 1 aliphatic carbocycles. The van der Waals surface area contributed by atoms with Crippen molar-refractivity contribution in [3.8, 4) is 11.5 Å². The van der Waals surface area contributed by atoms with E-state index in [9.17, 15) is 9.59 Å². The first-order chi connectivity index (χ1) is 16.9. The van der Waals surface area contributed by atoms with E-state index >= 15 is 0 Å². The Morgan fingerprint density at radius 3 is 2.40 bits per heavy atom. The molecule has 1 fully saturated rings. The van der Waals surface area contributed by atoms with Gasteiger partial charge in [-0.15, -0.1) is 0 Å². The summed E-state index contributed by atoms with van der Waals surface area (Å²) in [7, 11) is 3.20. The summed E-state index contributed by atoms with van der Waals surface area (Å²) in [5.74, 6) is 0.929. The van der Waals surface area contributed by atoms with Crippen LogP contribution in [0.1, 0.15) is 48.7 Å². The van der Waals surface area contributed by atoms with Crippen molar-refractivity contribution in [2.24, 2.45) is 0 Å². The van der Waals surface area contributed by atoms with E-state index in [4.69, 9.17) is 21.1 Å². The van der Waals surface area contributed by atoms with E-state index in [0.29, 0.717) is 35.3 Å². The van der Waals surface area contributed by atoms with Crippen molar-refractivity contribution in [2.45, 2.75) is 57.3 Å². The molecular formula is C27H30ClN3O4. The normalized spacial score (nSPS) is 20.2. The molecule has 2 aliphatic rings. The van der Waals surface area contributed by atoms with E-state index in [2.05, 4.69) is 5.32 Å². The van der Waals surface area contributed by atoms with Crippen molar-refractivity contribution in [1.29, 1.82) is 0 Å². The molecule has 2 amide bonds. The number of nitrogens with zero attached hydrogens (tertiary/aromatic N) is 2. The van der Waals surface area contributed by atoms with Crippen LogP contribution in [0.3, 0.4) is 0 Å². The minimum atomic E-state index is -1.10. The third-order valence-corrected chi connectivity index (χ3v) is 7.63. The van der Waals surface area contributed by atoms with Crippen LogP contribution in [0, 0.1) is 0 Å². The van der Waals surface area contributed by atoms with Gasteiger partial charge in [-0.1, -0.05) is 36.6 Å². The number of hydrogen-bond donors (Lipinski definition) is 1. The van der Waals surface area contributed by atoms with Crippen molar-refractivity contribution in [3.05, 3.63) is 58.7 Å². The minimum absolute atomic E-state index is 0.138. The minimum Gasteiger partial charge on any atom is -0.496 e. The molecule has 1 N–H and O–H groups in total.